The molecule has 2 aromatic rings. The number of pyridine rings is 1. The van der Waals surface area contributed by atoms with E-state index in [1.54, 1.807) is 24.3 Å². The van der Waals surface area contributed by atoms with Crippen molar-refractivity contribution in [1.82, 2.24) is 10.3 Å². The number of aliphatic hydroxyl groups excluding tert-OH is 1. The van der Waals surface area contributed by atoms with E-state index in [0.717, 1.165) is 6.42 Å². The van der Waals surface area contributed by atoms with Crippen molar-refractivity contribution in [3.05, 3.63) is 58.7 Å². The first-order chi connectivity index (χ1) is 11.1. The predicted octanol–water partition coefficient (Wildman–Crippen LogP) is 3.02. The number of nitrogens with one attached hydrogen (secondary N) is 2. The molecule has 0 bridgehead atoms. The van der Waals surface area contributed by atoms with Gasteiger partial charge in [-0.3, -0.25) is 4.79 Å². The number of hydrogen-bond acceptors (Lipinski definition) is 4. The third-order valence-electron chi connectivity index (χ3n) is 3.30. The van der Waals surface area contributed by atoms with Crippen LogP contribution in [0.2, 0.25) is 5.02 Å². The average Bonchev–Trinajstić information content (AvgIpc) is 2.58. The average molecular weight is 334 g/mol. The number of aromatic nitrogens is 1. The maximum Gasteiger partial charge on any atom is 0.252 e. The van der Waals surface area contributed by atoms with Gasteiger partial charge >= 0.3 is 0 Å². The van der Waals surface area contributed by atoms with Crippen molar-refractivity contribution < 1.29 is 9.90 Å². The standard InChI is InChI=1S/C17H20ClN3O2/c1-2-9-19-17(23)12-7-8-16(20-10-12)21-11-15(22)13-5-3-4-6-14(13)18/h3-8,10,15,22H,2,9,11H2,1H3,(H,19,23)(H,20,21). The molecule has 122 valence electrons. The fourth-order valence-electron chi connectivity index (χ4n) is 2.03. The number of aliphatic hydroxyl groups is 1. The maximum absolute atomic E-state index is 11.8. The lowest BCUT2D eigenvalue weighted by molar-refractivity contribution is 0.0953. The highest BCUT2D eigenvalue weighted by molar-refractivity contribution is 6.31. The van der Waals surface area contributed by atoms with Gasteiger partial charge in [-0.2, -0.15) is 0 Å². The summed E-state index contributed by atoms with van der Waals surface area (Å²) < 4.78 is 0. The number of hydrogen-bond donors (Lipinski definition) is 3. The number of rotatable bonds is 7. The smallest absolute Gasteiger partial charge is 0.252 e. The van der Waals surface area contributed by atoms with Crippen LogP contribution in [0, 0.1) is 0 Å². The molecule has 0 aliphatic heterocycles. The van der Waals surface area contributed by atoms with Gasteiger partial charge in [0.05, 0.1) is 11.7 Å². The fraction of sp³-hybridized carbons (Fsp3) is 0.294. The minimum absolute atomic E-state index is 0.137. The van der Waals surface area contributed by atoms with E-state index in [-0.39, 0.29) is 12.5 Å². The molecule has 1 atom stereocenters. The fourth-order valence-corrected chi connectivity index (χ4v) is 2.29. The van der Waals surface area contributed by atoms with Gasteiger partial charge in [0.1, 0.15) is 5.82 Å². The molecule has 2 rings (SSSR count). The van der Waals surface area contributed by atoms with E-state index < -0.39 is 6.10 Å². The minimum Gasteiger partial charge on any atom is -0.387 e. The number of nitrogens with zero attached hydrogens (tertiary/aromatic N) is 1. The molecule has 1 aromatic carbocycles. The molecule has 3 N–H and O–H groups in total. The zero-order valence-electron chi connectivity index (χ0n) is 12.9. The van der Waals surface area contributed by atoms with E-state index >= 15 is 0 Å². The van der Waals surface area contributed by atoms with Gasteiger partial charge in [0.25, 0.3) is 5.91 Å². The number of carbonyl (C=O) groups excluding carboxylic acids is 1. The van der Waals surface area contributed by atoms with Crippen molar-refractivity contribution in [3.8, 4) is 0 Å². The van der Waals surface area contributed by atoms with Crippen LogP contribution in [-0.4, -0.2) is 29.1 Å². The molecule has 0 aliphatic carbocycles. The first-order valence-electron chi connectivity index (χ1n) is 7.52. The number of amides is 1. The SMILES string of the molecule is CCCNC(=O)c1ccc(NCC(O)c2ccccc2Cl)nc1. The molecular weight excluding hydrogens is 314 g/mol. The van der Waals surface area contributed by atoms with Crippen LogP contribution < -0.4 is 10.6 Å². The Bertz CT molecular complexity index is 647. The molecule has 1 aromatic heterocycles. The summed E-state index contributed by atoms with van der Waals surface area (Å²) in [5, 5.41) is 16.5. The van der Waals surface area contributed by atoms with E-state index in [1.807, 2.05) is 19.1 Å². The van der Waals surface area contributed by atoms with Gasteiger partial charge in [0.2, 0.25) is 0 Å². The van der Waals surface area contributed by atoms with E-state index in [4.69, 9.17) is 11.6 Å². The molecule has 0 spiro atoms. The summed E-state index contributed by atoms with van der Waals surface area (Å²) in [6, 6.07) is 10.6. The van der Waals surface area contributed by atoms with E-state index in [1.165, 1.54) is 6.20 Å². The predicted molar refractivity (Wildman–Crippen MR) is 91.8 cm³/mol. The zero-order chi connectivity index (χ0) is 16.7. The summed E-state index contributed by atoms with van der Waals surface area (Å²) in [5.41, 5.74) is 1.17. The number of anilines is 1. The van der Waals surface area contributed by atoms with Gasteiger partial charge in [0.15, 0.2) is 0 Å². The maximum atomic E-state index is 11.8. The summed E-state index contributed by atoms with van der Waals surface area (Å²) in [6.45, 7) is 2.91. The highest BCUT2D eigenvalue weighted by atomic mass is 35.5. The molecule has 1 amide bonds. The number of halogens is 1. The van der Waals surface area contributed by atoms with Gasteiger partial charge in [-0.05, 0) is 24.6 Å². The molecule has 0 radical (unpaired) electrons. The molecule has 5 nitrogen and oxygen atoms in total. The molecule has 0 fully saturated rings. The lowest BCUT2D eigenvalue weighted by Crippen LogP contribution is -2.24. The molecule has 0 saturated carbocycles. The Kier molecular flexibility index (Phi) is 6.38. The van der Waals surface area contributed by atoms with Crippen molar-refractivity contribution in [2.75, 3.05) is 18.4 Å². The van der Waals surface area contributed by atoms with Crippen molar-refractivity contribution in [2.24, 2.45) is 0 Å². The van der Waals surface area contributed by atoms with Crippen LogP contribution in [0.5, 0.6) is 0 Å². The van der Waals surface area contributed by atoms with Gasteiger partial charge in [-0.1, -0.05) is 36.7 Å². The zero-order valence-corrected chi connectivity index (χ0v) is 13.7. The molecule has 1 heterocycles. The second-order valence-electron chi connectivity index (χ2n) is 5.11. The van der Waals surface area contributed by atoms with Crippen LogP contribution in [0.4, 0.5) is 5.82 Å². The molecule has 0 saturated heterocycles. The summed E-state index contributed by atoms with van der Waals surface area (Å²) in [5.74, 6) is 0.449. The van der Waals surface area contributed by atoms with E-state index in [0.29, 0.717) is 28.5 Å². The first kappa shape index (κ1) is 17.2. The Morgan fingerprint density at radius 3 is 2.74 bits per heavy atom. The van der Waals surface area contributed by atoms with Crippen LogP contribution in [0.1, 0.15) is 35.4 Å². The quantitative estimate of drug-likeness (QED) is 0.728. The summed E-state index contributed by atoms with van der Waals surface area (Å²) >= 11 is 6.05. The largest absolute Gasteiger partial charge is 0.387 e. The Morgan fingerprint density at radius 1 is 1.30 bits per heavy atom. The number of benzene rings is 1. The van der Waals surface area contributed by atoms with E-state index in [2.05, 4.69) is 15.6 Å². The van der Waals surface area contributed by atoms with Crippen molar-refractivity contribution in [3.63, 3.8) is 0 Å². The van der Waals surface area contributed by atoms with Gasteiger partial charge in [0, 0.05) is 29.9 Å². The van der Waals surface area contributed by atoms with E-state index in [9.17, 15) is 9.90 Å². The van der Waals surface area contributed by atoms with Crippen molar-refractivity contribution >= 4 is 23.3 Å². The second-order valence-corrected chi connectivity index (χ2v) is 5.51. The Hall–Kier alpha value is -2.11. The van der Waals surface area contributed by atoms with Crippen LogP contribution >= 0.6 is 11.6 Å². The van der Waals surface area contributed by atoms with Crippen LogP contribution in [-0.2, 0) is 0 Å². The second kappa shape index (κ2) is 8.50. The van der Waals surface area contributed by atoms with Crippen LogP contribution in [0.15, 0.2) is 42.6 Å². The van der Waals surface area contributed by atoms with Gasteiger partial charge in [-0.25, -0.2) is 4.98 Å². The highest BCUT2D eigenvalue weighted by Gasteiger charge is 2.11. The third kappa shape index (κ3) is 4.94. The molecular formula is C17H20ClN3O2. The monoisotopic (exact) mass is 333 g/mol. The Morgan fingerprint density at radius 2 is 2.09 bits per heavy atom. The molecule has 23 heavy (non-hydrogen) atoms. The van der Waals surface area contributed by atoms with Crippen molar-refractivity contribution in [1.29, 1.82) is 0 Å². The van der Waals surface area contributed by atoms with Gasteiger partial charge < -0.3 is 15.7 Å². The van der Waals surface area contributed by atoms with Crippen molar-refractivity contribution in [2.45, 2.75) is 19.4 Å². The third-order valence-corrected chi connectivity index (χ3v) is 3.65. The minimum atomic E-state index is -0.738. The van der Waals surface area contributed by atoms with Crippen LogP contribution in [0.25, 0.3) is 0 Å². The molecule has 1 unspecified atom stereocenters. The summed E-state index contributed by atoms with van der Waals surface area (Å²) in [7, 11) is 0. The molecule has 0 aliphatic rings. The Labute approximate surface area is 140 Å². The first-order valence-corrected chi connectivity index (χ1v) is 7.90. The topological polar surface area (TPSA) is 74.2 Å². The summed E-state index contributed by atoms with van der Waals surface area (Å²) in [6.07, 6.45) is 1.66. The lowest BCUT2D eigenvalue weighted by Gasteiger charge is -2.14. The summed E-state index contributed by atoms with van der Waals surface area (Å²) in [4.78, 5) is 16.0. The Balaban J connectivity index is 1.91. The normalized spacial score (nSPS) is 11.8. The highest BCUT2D eigenvalue weighted by Crippen LogP contribution is 2.22. The number of carbonyl (C=O) groups is 1. The van der Waals surface area contributed by atoms with Gasteiger partial charge in [-0.15, -0.1) is 0 Å². The lowest BCUT2D eigenvalue weighted by atomic mass is 10.1. The molecule has 6 heteroatoms. The van der Waals surface area contributed by atoms with Crippen LogP contribution in [0.3, 0.4) is 0 Å².